The summed E-state index contributed by atoms with van der Waals surface area (Å²) in [5, 5.41) is 0. The van der Waals surface area contributed by atoms with E-state index in [0.29, 0.717) is 5.92 Å². The Morgan fingerprint density at radius 2 is 2.40 bits per heavy atom. The Morgan fingerprint density at radius 3 is 3.20 bits per heavy atom. The van der Waals surface area contributed by atoms with E-state index in [2.05, 4.69) is 32.0 Å². The lowest BCUT2D eigenvalue weighted by Crippen LogP contribution is -1.99. The molecule has 1 saturated heterocycles. The highest BCUT2D eigenvalue weighted by molar-refractivity contribution is 9.10. The molecule has 0 saturated carbocycles. The number of nitrogens with one attached hydrogen (secondary N) is 1. The van der Waals surface area contributed by atoms with Gasteiger partial charge >= 0.3 is 0 Å². The lowest BCUT2D eigenvalue weighted by molar-refractivity contribution is 0.193. The molecule has 4 heteroatoms. The molecule has 3 rings (SSSR count). The largest absolute Gasteiger partial charge is 0.381 e. The fourth-order valence-corrected chi connectivity index (χ4v) is 2.31. The maximum absolute atomic E-state index is 5.36. The Bertz CT molecular complexity index is 488. The van der Waals surface area contributed by atoms with Gasteiger partial charge in [-0.05, 0) is 24.6 Å². The van der Waals surface area contributed by atoms with Gasteiger partial charge in [0, 0.05) is 17.0 Å². The minimum atomic E-state index is 0.441. The molecule has 1 N–H and O–H groups in total. The van der Waals surface area contributed by atoms with E-state index < -0.39 is 0 Å². The molecule has 1 atom stereocenters. The van der Waals surface area contributed by atoms with Crippen molar-refractivity contribution in [3.05, 3.63) is 28.5 Å². The highest BCUT2D eigenvalue weighted by atomic mass is 79.9. The summed E-state index contributed by atoms with van der Waals surface area (Å²) in [7, 11) is 0. The molecule has 0 aliphatic carbocycles. The van der Waals surface area contributed by atoms with Gasteiger partial charge in [0.25, 0.3) is 0 Å². The highest BCUT2D eigenvalue weighted by Gasteiger charge is 2.20. The second-order valence-corrected chi connectivity index (χ2v) is 4.76. The number of nitrogens with zero attached hydrogens (tertiary/aromatic N) is 1. The first-order valence-electron chi connectivity index (χ1n) is 5.06. The first kappa shape index (κ1) is 9.36. The summed E-state index contributed by atoms with van der Waals surface area (Å²) >= 11 is 3.45. The van der Waals surface area contributed by atoms with Crippen LogP contribution in [0.25, 0.3) is 11.0 Å². The molecule has 2 aromatic rings. The van der Waals surface area contributed by atoms with Crippen molar-refractivity contribution in [1.29, 1.82) is 0 Å². The number of fused-ring (bicyclic) bond motifs is 1. The van der Waals surface area contributed by atoms with Crippen molar-refractivity contribution >= 4 is 27.0 Å². The normalized spacial score (nSPS) is 21.3. The van der Waals surface area contributed by atoms with Gasteiger partial charge in [0.2, 0.25) is 0 Å². The third-order valence-corrected chi connectivity index (χ3v) is 3.27. The van der Waals surface area contributed by atoms with E-state index in [1.807, 2.05) is 12.1 Å². The number of benzene rings is 1. The number of aromatic nitrogens is 2. The Morgan fingerprint density at radius 1 is 1.47 bits per heavy atom. The predicted octanol–water partition coefficient (Wildman–Crippen LogP) is 2.83. The molecule has 1 aliphatic heterocycles. The molecule has 1 aromatic carbocycles. The Kier molecular flexibility index (Phi) is 2.25. The van der Waals surface area contributed by atoms with E-state index in [1.165, 1.54) is 0 Å². The van der Waals surface area contributed by atoms with Gasteiger partial charge in [-0.15, -0.1) is 0 Å². The van der Waals surface area contributed by atoms with Gasteiger partial charge < -0.3 is 9.72 Å². The minimum Gasteiger partial charge on any atom is -0.381 e. The van der Waals surface area contributed by atoms with Crippen molar-refractivity contribution in [3.63, 3.8) is 0 Å². The van der Waals surface area contributed by atoms with Crippen LogP contribution in [0.2, 0.25) is 0 Å². The van der Waals surface area contributed by atoms with Gasteiger partial charge in [-0.2, -0.15) is 0 Å². The van der Waals surface area contributed by atoms with Crippen molar-refractivity contribution in [2.45, 2.75) is 12.3 Å². The standard InChI is InChI=1S/C11H11BrN2O/c12-8-1-2-9-10(5-8)14-11(13-9)7-3-4-15-6-7/h1-2,5,7H,3-4,6H2,(H,13,14). The number of rotatable bonds is 1. The summed E-state index contributed by atoms with van der Waals surface area (Å²) < 4.78 is 6.44. The lowest BCUT2D eigenvalue weighted by atomic mass is 10.1. The quantitative estimate of drug-likeness (QED) is 0.862. The van der Waals surface area contributed by atoms with Gasteiger partial charge in [-0.25, -0.2) is 4.98 Å². The molecule has 1 unspecified atom stereocenters. The van der Waals surface area contributed by atoms with Crippen molar-refractivity contribution in [2.75, 3.05) is 13.2 Å². The van der Waals surface area contributed by atoms with Crippen LogP contribution in [0.3, 0.4) is 0 Å². The molecule has 0 spiro atoms. The van der Waals surface area contributed by atoms with E-state index in [4.69, 9.17) is 4.74 Å². The molecule has 0 bridgehead atoms. The van der Waals surface area contributed by atoms with Gasteiger partial charge in [-0.1, -0.05) is 15.9 Å². The van der Waals surface area contributed by atoms with Crippen molar-refractivity contribution in [1.82, 2.24) is 9.97 Å². The number of H-pyrrole nitrogens is 1. The molecule has 0 radical (unpaired) electrons. The SMILES string of the molecule is Brc1ccc2nc(C3CCOC3)[nH]c2c1. The van der Waals surface area contributed by atoms with Crippen molar-refractivity contribution in [2.24, 2.45) is 0 Å². The maximum atomic E-state index is 5.36. The highest BCUT2D eigenvalue weighted by Crippen LogP contribution is 2.26. The summed E-state index contributed by atoms with van der Waals surface area (Å²) in [6, 6.07) is 6.09. The average Bonchev–Trinajstić information content (AvgIpc) is 2.84. The van der Waals surface area contributed by atoms with Crippen LogP contribution in [0.1, 0.15) is 18.2 Å². The number of aromatic amines is 1. The summed E-state index contributed by atoms with van der Waals surface area (Å²) in [6.45, 7) is 1.65. The van der Waals surface area contributed by atoms with Gasteiger partial charge in [0.05, 0.1) is 17.6 Å². The molecule has 1 aromatic heterocycles. The van der Waals surface area contributed by atoms with Crippen LogP contribution in [-0.2, 0) is 4.74 Å². The molecule has 1 fully saturated rings. The number of halogens is 1. The summed E-state index contributed by atoms with van der Waals surface area (Å²) in [5.74, 6) is 1.50. The molecule has 1 aliphatic rings. The number of hydrogen-bond acceptors (Lipinski definition) is 2. The van der Waals surface area contributed by atoms with Gasteiger partial charge in [0.1, 0.15) is 5.82 Å². The van der Waals surface area contributed by atoms with Crippen LogP contribution < -0.4 is 0 Å². The molecule has 78 valence electrons. The Balaban J connectivity index is 2.05. The Hall–Kier alpha value is -0.870. The Labute approximate surface area is 96.0 Å². The third-order valence-electron chi connectivity index (χ3n) is 2.78. The fraction of sp³-hybridized carbons (Fsp3) is 0.364. The van der Waals surface area contributed by atoms with Crippen LogP contribution in [-0.4, -0.2) is 23.2 Å². The third kappa shape index (κ3) is 1.68. The van der Waals surface area contributed by atoms with Crippen molar-refractivity contribution in [3.8, 4) is 0 Å². The molecular weight excluding hydrogens is 256 g/mol. The topological polar surface area (TPSA) is 37.9 Å². The molecule has 3 nitrogen and oxygen atoms in total. The maximum Gasteiger partial charge on any atom is 0.112 e. The molecule has 0 amide bonds. The van der Waals surface area contributed by atoms with Crippen LogP contribution in [0.5, 0.6) is 0 Å². The van der Waals surface area contributed by atoms with Crippen LogP contribution in [0.4, 0.5) is 0 Å². The van der Waals surface area contributed by atoms with E-state index in [-0.39, 0.29) is 0 Å². The average molecular weight is 267 g/mol. The monoisotopic (exact) mass is 266 g/mol. The summed E-state index contributed by atoms with van der Waals surface area (Å²) in [4.78, 5) is 7.94. The van der Waals surface area contributed by atoms with Crippen LogP contribution >= 0.6 is 15.9 Å². The van der Waals surface area contributed by atoms with Crippen LogP contribution in [0, 0.1) is 0 Å². The number of ether oxygens (including phenoxy) is 1. The van der Waals surface area contributed by atoms with E-state index in [9.17, 15) is 0 Å². The minimum absolute atomic E-state index is 0.441. The number of hydrogen-bond donors (Lipinski definition) is 1. The zero-order valence-electron chi connectivity index (χ0n) is 8.16. The molecular formula is C11H11BrN2O. The van der Waals surface area contributed by atoms with Gasteiger partial charge in [-0.3, -0.25) is 0 Å². The number of imidazole rings is 1. The predicted molar refractivity (Wildman–Crippen MR) is 62.0 cm³/mol. The summed E-state index contributed by atoms with van der Waals surface area (Å²) in [5.41, 5.74) is 2.12. The van der Waals surface area contributed by atoms with Crippen molar-refractivity contribution < 1.29 is 4.74 Å². The second kappa shape index (κ2) is 3.61. The molecule has 15 heavy (non-hydrogen) atoms. The zero-order chi connectivity index (χ0) is 10.3. The van der Waals surface area contributed by atoms with Crippen LogP contribution in [0.15, 0.2) is 22.7 Å². The first-order valence-corrected chi connectivity index (χ1v) is 5.85. The molecule has 2 heterocycles. The fourth-order valence-electron chi connectivity index (χ4n) is 1.95. The zero-order valence-corrected chi connectivity index (χ0v) is 9.75. The van der Waals surface area contributed by atoms with E-state index in [0.717, 1.165) is 41.0 Å². The second-order valence-electron chi connectivity index (χ2n) is 3.84. The first-order chi connectivity index (χ1) is 7.33. The smallest absolute Gasteiger partial charge is 0.112 e. The van der Waals surface area contributed by atoms with Gasteiger partial charge in [0.15, 0.2) is 0 Å². The summed E-state index contributed by atoms with van der Waals surface area (Å²) in [6.07, 6.45) is 1.07. The van der Waals surface area contributed by atoms with E-state index in [1.54, 1.807) is 0 Å². The van der Waals surface area contributed by atoms with E-state index >= 15 is 0 Å². The lowest BCUT2D eigenvalue weighted by Gasteiger charge is -2.00.